The molecule has 24 N–H and O–H groups in total. The van der Waals surface area contributed by atoms with Gasteiger partial charge in [-0.25, -0.2) is 9.59 Å². The van der Waals surface area contributed by atoms with Crippen LogP contribution in [0.2, 0.25) is 0 Å². The number of aliphatic carboxylic acids is 4. The lowest BCUT2D eigenvalue weighted by molar-refractivity contribution is -0.156. The van der Waals surface area contributed by atoms with E-state index in [9.17, 15) is 126 Å². The van der Waals surface area contributed by atoms with Gasteiger partial charge in [0.15, 0.2) is 5.78 Å². The van der Waals surface area contributed by atoms with Gasteiger partial charge >= 0.3 is 35.9 Å². The van der Waals surface area contributed by atoms with Crippen molar-refractivity contribution in [2.45, 2.75) is 235 Å². The number of primary amides is 1. The van der Waals surface area contributed by atoms with E-state index < -0.39 is 268 Å². The summed E-state index contributed by atoms with van der Waals surface area (Å²) in [6.07, 6.45) is 4.01. The Hall–Kier alpha value is -13.9. The Morgan fingerprint density at radius 1 is 0.571 bits per heavy atom. The zero-order valence-electron chi connectivity index (χ0n) is 69.9. The first-order valence-corrected chi connectivity index (χ1v) is 40.9. The fourth-order valence-corrected chi connectivity index (χ4v) is 13.0. The first-order chi connectivity index (χ1) is 59.8. The largest absolute Gasteiger partial charge is 0.481 e. The molecule has 1 aromatic heterocycles. The minimum atomic E-state index is -2.50. The highest BCUT2D eigenvalue weighted by Crippen LogP contribution is 2.22. The summed E-state index contributed by atoms with van der Waals surface area (Å²) in [4.78, 5) is 292. The van der Waals surface area contributed by atoms with Crippen molar-refractivity contribution in [1.82, 2.24) is 79.4 Å². The lowest BCUT2D eigenvalue weighted by Gasteiger charge is -2.30. The number of carboxylic acid groups (broad SMARTS) is 4. The summed E-state index contributed by atoms with van der Waals surface area (Å²) in [5, 5.41) is 81.7. The summed E-state index contributed by atoms with van der Waals surface area (Å²) < 4.78 is 11.1. The molecule has 15 amide bonds. The Bertz CT molecular complexity index is 4510. The number of hydrogen-bond acceptors (Lipinski definition) is 25. The van der Waals surface area contributed by atoms with E-state index >= 15 is 0 Å². The molecule has 1 aliphatic carbocycles. The zero-order valence-corrected chi connectivity index (χ0v) is 69.9. The van der Waals surface area contributed by atoms with Gasteiger partial charge in [0, 0.05) is 54.2 Å². The second-order valence-corrected chi connectivity index (χ2v) is 30.1. The Kier molecular flexibility index (Phi) is 42.8. The van der Waals surface area contributed by atoms with E-state index in [2.05, 4.69) is 70.4 Å². The topological polar surface area (TPSA) is 714 Å². The van der Waals surface area contributed by atoms with Crippen LogP contribution in [0.3, 0.4) is 0 Å². The standard InChI is InChI=1S/C81H111N17O28/c1-5-6-7-8-9-13-16-29-61(102)90-52(32-45-38-85-50-27-20-18-24-47(45)50)74(117)93-53(34-60(83)101)75(118)95-56(37-67(111)112)76(119)98-69-44(4)125-80(123)57(33-59(100)48-25-17-19-26-49(48)82)96-79(122)68(42(2)31-64(105)106)97-77(120)58(41-99)91-63(104)39-86-71(114)54(35-65(107)108)92-70(113)43(3)88-73(116)55(36-66(109)110)94-72(115)51(89-62(103)40-87-78(69)121)28-21-30-84-81(124)126-46-22-14-11-10-12-15-23-46/h14,17-20,22-27,38,42-44,51-58,68-69,85,99H,5-13,15-16,21,28-37,39-41,82H2,1-4H3,(H2,83,101)(H,84,124)(H,86,114)(H,87,121)(H,88,116)(H,89,103)(H,90,102)(H,91,104)(H,92,113)(H,93,117)(H,94,115)(H,95,118)(H,96,122)(H,97,120)(H,98,119)(H,105,106)(H,107,108)(H,109,110)(H,111,112)/b22-14+,46-23+/t42?,43-,44-,51+,52+,53-,54+,55+,56+,57+,58-,68+,69+/m1/s1. The third-order valence-corrected chi connectivity index (χ3v) is 19.8. The van der Waals surface area contributed by atoms with Gasteiger partial charge in [0.25, 0.3) is 0 Å². The molecule has 0 bridgehead atoms. The van der Waals surface area contributed by atoms with Crippen LogP contribution in [-0.4, -0.2) is 254 Å². The van der Waals surface area contributed by atoms with Crippen LogP contribution in [0.15, 0.2) is 78.7 Å². The minimum absolute atomic E-state index is 0.0303. The maximum absolute atomic E-state index is 15.0. The molecule has 0 saturated carbocycles. The van der Waals surface area contributed by atoms with Gasteiger partial charge in [-0.2, -0.15) is 0 Å². The number of alkyl carbamates (subject to hydrolysis) is 1. The number of Topliss-reactive ketones (excluding diaryl/α,β-unsaturated/α-hetero) is 1. The Balaban J connectivity index is 1.63. The number of carbonyl (C=O) groups is 21. The van der Waals surface area contributed by atoms with E-state index in [1.165, 1.54) is 24.3 Å². The molecule has 688 valence electrons. The van der Waals surface area contributed by atoms with Gasteiger partial charge in [-0.1, -0.05) is 88.8 Å². The maximum Gasteiger partial charge on any atom is 0.412 e. The van der Waals surface area contributed by atoms with Crippen LogP contribution >= 0.6 is 0 Å². The smallest absolute Gasteiger partial charge is 0.412 e. The number of ether oxygens (including phenoxy) is 2. The number of ketones is 1. The van der Waals surface area contributed by atoms with Crippen molar-refractivity contribution in [3.05, 3.63) is 89.8 Å². The molecule has 1 unspecified atom stereocenters. The number of rotatable bonds is 37. The summed E-state index contributed by atoms with van der Waals surface area (Å²) >= 11 is 0. The highest BCUT2D eigenvalue weighted by molar-refractivity contribution is 6.05. The summed E-state index contributed by atoms with van der Waals surface area (Å²) in [6, 6.07) is -11.1. The second kappa shape index (κ2) is 52.5. The number of nitrogens with one attached hydrogen (secondary N) is 15. The molecule has 2 aliphatic rings. The van der Waals surface area contributed by atoms with Crippen LogP contribution < -0.4 is 85.9 Å². The number of hydrogen-bond donors (Lipinski definition) is 22. The average molecular weight is 1770 g/mol. The molecule has 1 fully saturated rings. The van der Waals surface area contributed by atoms with E-state index in [4.69, 9.17) is 20.9 Å². The summed E-state index contributed by atoms with van der Waals surface area (Å²) in [6.45, 7) is 0.827. The molecule has 5 rings (SSSR count). The monoisotopic (exact) mass is 1770 g/mol. The van der Waals surface area contributed by atoms with E-state index in [0.717, 1.165) is 65.7 Å². The van der Waals surface area contributed by atoms with Crippen molar-refractivity contribution < 1.29 is 136 Å². The molecule has 126 heavy (non-hydrogen) atoms. The van der Waals surface area contributed by atoms with Gasteiger partial charge in [0.05, 0.1) is 51.8 Å². The number of para-hydroxylation sites is 2. The Morgan fingerprint density at radius 2 is 1.14 bits per heavy atom. The average Bonchev–Trinajstić information content (AvgIpc) is 1.60. The fraction of sp³-hybridized carbons (Fsp3) is 0.519. The predicted octanol–water partition coefficient (Wildman–Crippen LogP) is -2.84. The van der Waals surface area contributed by atoms with Crippen LogP contribution in [0, 0.1) is 5.92 Å². The molecule has 1 saturated heterocycles. The molecule has 2 aromatic carbocycles. The number of nitrogen functional groups attached to an aromatic ring is 1. The molecular weight excluding hydrogens is 1660 g/mol. The van der Waals surface area contributed by atoms with Crippen LogP contribution in [0.25, 0.3) is 10.9 Å². The van der Waals surface area contributed by atoms with E-state index in [1.807, 2.05) is 16.0 Å². The molecule has 0 radical (unpaired) electrons. The van der Waals surface area contributed by atoms with Crippen molar-refractivity contribution in [3.63, 3.8) is 0 Å². The lowest BCUT2D eigenvalue weighted by Crippen LogP contribution is -2.62. The number of allylic oxidation sites excluding steroid dienone is 3. The van der Waals surface area contributed by atoms with E-state index in [1.54, 1.807) is 48.7 Å². The molecule has 2 heterocycles. The van der Waals surface area contributed by atoms with Gasteiger partial charge in [0.2, 0.25) is 82.7 Å². The van der Waals surface area contributed by atoms with Crippen molar-refractivity contribution in [2.75, 3.05) is 32.0 Å². The maximum atomic E-state index is 15.0. The number of carboxylic acids is 4. The molecule has 13 atom stereocenters. The number of fused-ring (bicyclic) bond motifs is 1. The van der Waals surface area contributed by atoms with Gasteiger partial charge in [-0.15, -0.1) is 0 Å². The summed E-state index contributed by atoms with van der Waals surface area (Å²) in [5.74, 6) is -30.1. The number of aliphatic hydroxyl groups excluding tert-OH is 1. The summed E-state index contributed by atoms with van der Waals surface area (Å²) in [7, 11) is 0. The number of esters is 1. The van der Waals surface area contributed by atoms with E-state index in [0.29, 0.717) is 42.1 Å². The number of aromatic nitrogens is 1. The first-order valence-electron chi connectivity index (χ1n) is 40.9. The van der Waals surface area contributed by atoms with Crippen LogP contribution in [0.1, 0.15) is 172 Å². The van der Waals surface area contributed by atoms with Crippen molar-refractivity contribution in [1.29, 1.82) is 0 Å². The fourth-order valence-electron chi connectivity index (χ4n) is 13.0. The zero-order chi connectivity index (χ0) is 93.3. The second-order valence-electron chi connectivity index (χ2n) is 30.1. The van der Waals surface area contributed by atoms with Crippen molar-refractivity contribution in [2.24, 2.45) is 11.7 Å². The van der Waals surface area contributed by atoms with Crippen LogP contribution in [-0.2, 0) is 107 Å². The molecule has 3 aromatic rings. The molecule has 0 spiro atoms. The van der Waals surface area contributed by atoms with Gasteiger partial charge in [-0.05, 0) is 101 Å². The molecular formula is C81H111N17O28. The number of aliphatic hydroxyl groups is 1. The SMILES string of the molecule is CCCCCCCCCC(=O)N[C@@H](Cc1c[nH]c2ccccc12)C(=O)N[C@H](CC(N)=O)C(=O)N[C@@H](CC(=O)O)C(=O)N[C@@H]1C(=O)NCC(=O)N[C@@H](CCCNC(=O)OC2=C/CCCC\C=C\2)C(=O)N[C@@H](CC(=O)O)C(=O)N[C@H](C)C(=O)N[C@@H](CC(=O)O)C(=O)NCC(=O)N[C@H](CO)C(=O)N[C@@H](C(C)CC(=O)O)C(=O)N[C@@H](CC(=O)c2ccccc2N)C(=O)O[C@@H]1C. The van der Waals surface area contributed by atoms with Crippen molar-refractivity contribution in [3.8, 4) is 0 Å². The Morgan fingerprint density at radius 3 is 1.79 bits per heavy atom. The number of carbonyl (C=O) groups excluding carboxylic acids is 17. The number of nitrogens with two attached hydrogens (primary N) is 2. The third-order valence-electron chi connectivity index (χ3n) is 19.8. The normalized spacial score (nSPS) is 21.7. The van der Waals surface area contributed by atoms with Gasteiger partial charge in [-0.3, -0.25) is 91.1 Å². The Labute approximate surface area is 721 Å². The number of amides is 15. The summed E-state index contributed by atoms with van der Waals surface area (Å²) in [5.41, 5.74) is 12.4. The van der Waals surface area contributed by atoms with Gasteiger partial charge < -0.3 is 126 Å². The molecule has 45 heteroatoms. The van der Waals surface area contributed by atoms with Gasteiger partial charge in [0.1, 0.15) is 78.3 Å². The van der Waals surface area contributed by atoms with E-state index in [-0.39, 0.29) is 42.8 Å². The number of benzene rings is 2. The number of H-pyrrole nitrogens is 1. The lowest BCUT2D eigenvalue weighted by atomic mass is 9.96. The van der Waals surface area contributed by atoms with Crippen LogP contribution in [0.4, 0.5) is 10.5 Å². The highest BCUT2D eigenvalue weighted by atomic mass is 16.6. The third kappa shape index (κ3) is 35.9. The number of anilines is 1. The van der Waals surface area contributed by atoms with Crippen LogP contribution in [0.5, 0.6) is 0 Å². The minimum Gasteiger partial charge on any atom is -0.481 e. The first kappa shape index (κ1) is 103. The highest BCUT2D eigenvalue weighted by Gasteiger charge is 2.41. The molecule has 45 nitrogen and oxygen atoms in total. The number of cyclic esters (lactones) is 1. The quantitative estimate of drug-likeness (QED) is 0.0120. The predicted molar refractivity (Wildman–Crippen MR) is 441 cm³/mol. The van der Waals surface area contributed by atoms with Crippen molar-refractivity contribution >= 4 is 141 Å². The number of aromatic amines is 1. The molecule has 1 aliphatic heterocycles. The number of unbranched alkanes of at least 4 members (excludes halogenated alkanes) is 6.